The molecule has 2 fully saturated rings. The van der Waals surface area contributed by atoms with Gasteiger partial charge < -0.3 is 20.3 Å². The molecule has 1 aromatic carbocycles. The van der Waals surface area contributed by atoms with Crippen LogP contribution in [0.3, 0.4) is 0 Å². The van der Waals surface area contributed by atoms with E-state index in [1.807, 2.05) is 35.2 Å². The van der Waals surface area contributed by atoms with Crippen LogP contribution in [0.25, 0.3) is 11.1 Å². The summed E-state index contributed by atoms with van der Waals surface area (Å²) in [5, 5.41) is 13.5. The minimum atomic E-state index is 0.0987. The first kappa shape index (κ1) is 21.3. The van der Waals surface area contributed by atoms with Crippen molar-refractivity contribution in [1.82, 2.24) is 35.4 Å². The van der Waals surface area contributed by atoms with Crippen molar-refractivity contribution in [2.75, 3.05) is 31.9 Å². The minimum Gasteiger partial charge on any atom is -0.482 e. The van der Waals surface area contributed by atoms with Gasteiger partial charge in [0.15, 0.2) is 17.4 Å². The highest BCUT2D eigenvalue weighted by Gasteiger charge is 2.28. The highest BCUT2D eigenvalue weighted by Crippen LogP contribution is 2.28. The van der Waals surface area contributed by atoms with E-state index in [4.69, 9.17) is 10.5 Å². The zero-order valence-corrected chi connectivity index (χ0v) is 18.5. The molecule has 3 N–H and O–H groups in total. The number of tetrazole rings is 1. The average molecular weight is 449 g/mol. The van der Waals surface area contributed by atoms with E-state index in [2.05, 4.69) is 30.5 Å². The van der Waals surface area contributed by atoms with Gasteiger partial charge in [-0.05, 0) is 73.0 Å². The number of nitrogens with two attached hydrogens (primary N) is 1. The molecule has 0 bridgehead atoms. The molecular formula is C23H28N8O2. The van der Waals surface area contributed by atoms with Crippen LogP contribution < -0.4 is 10.5 Å². The van der Waals surface area contributed by atoms with E-state index < -0.39 is 0 Å². The van der Waals surface area contributed by atoms with Crippen molar-refractivity contribution < 1.29 is 9.53 Å². The number of hydrogen-bond donors (Lipinski definition) is 2. The predicted octanol–water partition coefficient (Wildman–Crippen LogP) is 2.12. The summed E-state index contributed by atoms with van der Waals surface area (Å²) < 4.78 is 5.70. The van der Waals surface area contributed by atoms with Crippen LogP contribution in [0.1, 0.15) is 41.9 Å². The summed E-state index contributed by atoms with van der Waals surface area (Å²) in [5.41, 5.74) is 8.43. The van der Waals surface area contributed by atoms with E-state index in [9.17, 15) is 4.79 Å². The standard InChI is InChI=1S/C23H28N8O2/c24-22-20(33-15-21-26-28-29-27-21)13-18(14-25-22)16-3-5-17(6-4-16)23(32)31-11-7-19(8-12-31)30-9-1-2-10-30/h3-6,13-14,19H,1-2,7-12,15H2,(H2,24,25)(H,26,27,28,29). The van der Waals surface area contributed by atoms with Crippen molar-refractivity contribution in [3.05, 3.63) is 47.9 Å². The third-order valence-electron chi connectivity index (χ3n) is 6.51. The third-order valence-corrected chi connectivity index (χ3v) is 6.51. The van der Waals surface area contributed by atoms with Crippen LogP contribution in [0, 0.1) is 0 Å². The molecule has 0 radical (unpaired) electrons. The Morgan fingerprint density at radius 2 is 1.85 bits per heavy atom. The summed E-state index contributed by atoms with van der Waals surface area (Å²) in [4.78, 5) is 21.8. The van der Waals surface area contributed by atoms with Gasteiger partial charge in [0.1, 0.15) is 6.61 Å². The van der Waals surface area contributed by atoms with Crippen molar-refractivity contribution in [3.63, 3.8) is 0 Å². The minimum absolute atomic E-state index is 0.0987. The molecule has 2 aromatic heterocycles. The second kappa shape index (κ2) is 9.53. The van der Waals surface area contributed by atoms with Gasteiger partial charge in [0.05, 0.1) is 0 Å². The molecule has 0 aliphatic carbocycles. The average Bonchev–Trinajstić information content (AvgIpc) is 3.58. The first-order valence-corrected chi connectivity index (χ1v) is 11.4. The van der Waals surface area contributed by atoms with Gasteiger partial charge in [0.25, 0.3) is 5.91 Å². The second-order valence-corrected chi connectivity index (χ2v) is 8.59. The molecule has 0 spiro atoms. The predicted molar refractivity (Wildman–Crippen MR) is 122 cm³/mol. The molecule has 2 aliphatic heterocycles. The normalized spacial score (nSPS) is 17.4. The summed E-state index contributed by atoms with van der Waals surface area (Å²) in [7, 11) is 0. The van der Waals surface area contributed by atoms with Gasteiger partial charge in [0, 0.05) is 36.5 Å². The second-order valence-electron chi connectivity index (χ2n) is 8.59. The van der Waals surface area contributed by atoms with Gasteiger partial charge in [-0.15, -0.1) is 5.10 Å². The fourth-order valence-corrected chi connectivity index (χ4v) is 4.64. The maximum absolute atomic E-state index is 13.0. The van der Waals surface area contributed by atoms with Crippen molar-refractivity contribution in [3.8, 4) is 16.9 Å². The number of aromatic nitrogens is 5. The molecule has 0 atom stereocenters. The van der Waals surface area contributed by atoms with Crippen LogP contribution in [0.2, 0.25) is 0 Å². The first-order valence-electron chi connectivity index (χ1n) is 11.4. The summed E-state index contributed by atoms with van der Waals surface area (Å²) in [6.45, 7) is 4.23. The number of ether oxygens (including phenoxy) is 1. The SMILES string of the molecule is Nc1ncc(-c2ccc(C(=O)N3CCC(N4CCCC4)CC3)cc2)cc1OCc1nnn[nH]1. The number of amides is 1. The van der Waals surface area contributed by atoms with Gasteiger partial charge in [-0.2, -0.15) is 0 Å². The largest absolute Gasteiger partial charge is 0.482 e. The first-order chi connectivity index (χ1) is 16.2. The van der Waals surface area contributed by atoms with Crippen LogP contribution in [-0.4, -0.2) is 73.5 Å². The number of nitrogens with one attached hydrogen (secondary N) is 1. The summed E-state index contributed by atoms with van der Waals surface area (Å²) >= 11 is 0. The Balaban J connectivity index is 1.22. The van der Waals surface area contributed by atoms with Gasteiger partial charge in [-0.25, -0.2) is 10.1 Å². The zero-order valence-electron chi connectivity index (χ0n) is 18.5. The Hall–Kier alpha value is -3.53. The number of hydrogen-bond acceptors (Lipinski definition) is 8. The van der Waals surface area contributed by atoms with Gasteiger partial charge in [-0.1, -0.05) is 12.1 Å². The van der Waals surface area contributed by atoms with E-state index >= 15 is 0 Å². The van der Waals surface area contributed by atoms with Crippen LogP contribution in [0.5, 0.6) is 5.75 Å². The lowest BCUT2D eigenvalue weighted by Gasteiger charge is -2.36. The Bertz CT molecular complexity index is 1070. The van der Waals surface area contributed by atoms with E-state index in [0.29, 0.717) is 23.2 Å². The number of nitrogens with zero attached hydrogens (tertiary/aromatic N) is 6. The van der Waals surface area contributed by atoms with Crippen molar-refractivity contribution in [2.45, 2.75) is 38.3 Å². The molecule has 5 rings (SSSR count). The lowest BCUT2D eigenvalue weighted by Crippen LogP contribution is -2.45. The van der Waals surface area contributed by atoms with E-state index in [1.54, 1.807) is 6.20 Å². The lowest BCUT2D eigenvalue weighted by atomic mass is 10.0. The Morgan fingerprint density at radius 3 is 2.55 bits per heavy atom. The van der Waals surface area contributed by atoms with Crippen LogP contribution in [0.4, 0.5) is 5.82 Å². The van der Waals surface area contributed by atoms with E-state index in [1.165, 1.54) is 25.9 Å². The number of nitrogen functional groups attached to an aromatic ring is 1. The molecule has 10 heteroatoms. The monoisotopic (exact) mass is 448 g/mol. The van der Waals surface area contributed by atoms with Crippen LogP contribution in [-0.2, 0) is 6.61 Å². The Labute approximate surface area is 192 Å². The fraction of sp³-hybridized carbons (Fsp3) is 0.435. The van der Waals surface area contributed by atoms with Gasteiger partial charge in [0.2, 0.25) is 0 Å². The Kier molecular flexibility index (Phi) is 6.16. The van der Waals surface area contributed by atoms with Crippen molar-refractivity contribution >= 4 is 11.7 Å². The summed E-state index contributed by atoms with van der Waals surface area (Å²) in [6.07, 6.45) is 6.43. The number of rotatable bonds is 6. The number of pyridine rings is 1. The van der Waals surface area contributed by atoms with Crippen molar-refractivity contribution in [2.24, 2.45) is 0 Å². The van der Waals surface area contributed by atoms with Crippen LogP contribution in [0.15, 0.2) is 36.5 Å². The molecule has 0 saturated carbocycles. The molecule has 10 nitrogen and oxygen atoms in total. The highest BCUT2D eigenvalue weighted by molar-refractivity contribution is 5.94. The number of aromatic amines is 1. The van der Waals surface area contributed by atoms with Gasteiger partial charge in [-0.3, -0.25) is 4.79 Å². The molecule has 1 amide bonds. The quantitative estimate of drug-likeness (QED) is 0.587. The molecule has 3 aromatic rings. The molecule has 4 heterocycles. The Morgan fingerprint density at radius 1 is 1.09 bits per heavy atom. The van der Waals surface area contributed by atoms with E-state index in [0.717, 1.165) is 37.1 Å². The number of anilines is 1. The molecule has 0 unspecified atom stereocenters. The van der Waals surface area contributed by atoms with E-state index in [-0.39, 0.29) is 18.3 Å². The number of benzene rings is 1. The highest BCUT2D eigenvalue weighted by atomic mass is 16.5. The number of carbonyl (C=O) groups excluding carboxylic acids is 1. The summed E-state index contributed by atoms with van der Waals surface area (Å²) in [5.74, 6) is 1.33. The molecular weight excluding hydrogens is 420 g/mol. The maximum atomic E-state index is 13.0. The number of H-pyrrole nitrogens is 1. The molecule has 33 heavy (non-hydrogen) atoms. The maximum Gasteiger partial charge on any atom is 0.253 e. The topological polar surface area (TPSA) is 126 Å². The molecule has 172 valence electrons. The number of carbonyl (C=O) groups is 1. The molecule has 2 saturated heterocycles. The number of likely N-dealkylation sites (tertiary alicyclic amines) is 2. The smallest absolute Gasteiger partial charge is 0.253 e. The summed E-state index contributed by atoms with van der Waals surface area (Å²) in [6, 6.07) is 10.1. The zero-order chi connectivity index (χ0) is 22.6. The number of piperidine rings is 1. The van der Waals surface area contributed by atoms with Crippen LogP contribution >= 0.6 is 0 Å². The molecule has 2 aliphatic rings. The van der Waals surface area contributed by atoms with Crippen molar-refractivity contribution in [1.29, 1.82) is 0 Å². The lowest BCUT2D eigenvalue weighted by molar-refractivity contribution is 0.0644. The van der Waals surface area contributed by atoms with Gasteiger partial charge >= 0.3 is 0 Å². The third kappa shape index (κ3) is 4.80. The fourth-order valence-electron chi connectivity index (χ4n) is 4.64.